The van der Waals surface area contributed by atoms with E-state index in [1.807, 2.05) is 0 Å². The van der Waals surface area contributed by atoms with Crippen LogP contribution in [0.3, 0.4) is 0 Å². The first-order valence-electron chi connectivity index (χ1n) is 5.81. The first-order valence-corrected chi connectivity index (χ1v) is 5.81. The highest BCUT2D eigenvalue weighted by Gasteiger charge is 2.26. The van der Waals surface area contributed by atoms with Crippen LogP contribution in [0.25, 0.3) is 0 Å². The Morgan fingerprint density at radius 1 is 1.15 bits per heavy atom. The van der Waals surface area contributed by atoms with Crippen LogP contribution in [0, 0.1) is 5.41 Å². The summed E-state index contributed by atoms with van der Waals surface area (Å²) in [6, 6.07) is 2.23. The second-order valence-electron chi connectivity index (χ2n) is 5.03. The molecule has 8 nitrogen and oxygen atoms in total. The van der Waals surface area contributed by atoms with Gasteiger partial charge in [0.2, 0.25) is 18.1 Å². The summed E-state index contributed by atoms with van der Waals surface area (Å²) in [6.07, 6.45) is -2.42. The van der Waals surface area contributed by atoms with Gasteiger partial charge in [0.25, 0.3) is 0 Å². The third-order valence-electron chi connectivity index (χ3n) is 2.11. The average molecular weight is 287 g/mol. The van der Waals surface area contributed by atoms with Crippen LogP contribution in [0.5, 0.6) is 11.8 Å². The van der Waals surface area contributed by atoms with E-state index in [-0.39, 0.29) is 0 Å². The van der Waals surface area contributed by atoms with Gasteiger partial charge in [-0.05, 0) is 20.8 Å². The third kappa shape index (κ3) is 4.08. The average Bonchev–Trinajstić information content (AvgIpc) is 2.59. The molecule has 1 heterocycles. The van der Waals surface area contributed by atoms with Crippen molar-refractivity contribution in [2.45, 2.75) is 34.0 Å². The van der Waals surface area contributed by atoms with E-state index in [2.05, 4.69) is 9.57 Å². The lowest BCUT2D eigenvalue weighted by molar-refractivity contribution is -0.177. The predicted octanol–water partition coefficient (Wildman–Crippen LogP) is 1.40. The Bertz CT molecular complexity index is 481. The molecule has 8 heteroatoms. The zero-order valence-corrected chi connectivity index (χ0v) is 11.6. The molecule has 0 aliphatic heterocycles. The minimum Gasteiger partial charge on any atom is -0.492 e. The van der Waals surface area contributed by atoms with Gasteiger partial charge in [0.15, 0.2) is 0 Å². The highest BCUT2D eigenvalue weighted by Crippen LogP contribution is 2.19. The van der Waals surface area contributed by atoms with Gasteiger partial charge in [-0.3, -0.25) is 9.63 Å². The number of aromatic hydroxyl groups is 2. The monoisotopic (exact) mass is 287 g/mol. The fourth-order valence-corrected chi connectivity index (χ4v) is 1.08. The Balaban J connectivity index is 2.53. The van der Waals surface area contributed by atoms with Crippen LogP contribution in [-0.4, -0.2) is 33.4 Å². The maximum absolute atomic E-state index is 11.5. The van der Waals surface area contributed by atoms with Gasteiger partial charge in [-0.2, -0.15) is 0 Å². The largest absolute Gasteiger partial charge is 0.537 e. The van der Waals surface area contributed by atoms with E-state index in [4.69, 9.17) is 4.74 Å². The third-order valence-corrected chi connectivity index (χ3v) is 2.11. The van der Waals surface area contributed by atoms with Crippen LogP contribution in [-0.2, 0) is 14.3 Å². The molecule has 1 unspecified atom stereocenters. The minimum atomic E-state index is -1.25. The van der Waals surface area contributed by atoms with E-state index in [9.17, 15) is 19.8 Å². The lowest BCUT2D eigenvalue weighted by atomic mass is 9.97. The standard InChI is InChI=1S/C12H17NO7/c1-7(18-10(16)12(2,3)4)19-11(17)20-13-8(14)5-6-9(13)15/h5-7,14-15H,1-4H3. The molecule has 0 radical (unpaired) electrons. The quantitative estimate of drug-likeness (QED) is 0.639. The minimum absolute atomic E-state index is 0.459. The highest BCUT2D eigenvalue weighted by atomic mass is 16.9. The molecule has 0 aliphatic rings. The number of rotatable bonds is 3. The van der Waals surface area contributed by atoms with E-state index in [1.54, 1.807) is 20.8 Å². The molecule has 0 saturated heterocycles. The van der Waals surface area contributed by atoms with Gasteiger partial charge in [-0.1, -0.05) is 0 Å². The molecule has 1 aromatic rings. The van der Waals surface area contributed by atoms with Crippen molar-refractivity contribution in [3.63, 3.8) is 0 Å². The van der Waals surface area contributed by atoms with Crippen molar-refractivity contribution < 1.29 is 34.1 Å². The SMILES string of the molecule is CC(OC(=O)On1c(O)ccc1O)OC(=O)C(C)(C)C. The lowest BCUT2D eigenvalue weighted by Gasteiger charge is -2.20. The number of nitrogens with zero attached hydrogens (tertiary/aromatic N) is 1. The van der Waals surface area contributed by atoms with Crippen molar-refractivity contribution in [3.8, 4) is 11.8 Å². The molecule has 2 N–H and O–H groups in total. The summed E-state index contributed by atoms with van der Waals surface area (Å²) in [4.78, 5) is 27.4. The maximum atomic E-state index is 11.5. The van der Waals surface area contributed by atoms with E-state index in [0.29, 0.717) is 4.73 Å². The molecule has 0 amide bonds. The Labute approximate surface area is 115 Å². The summed E-state index contributed by atoms with van der Waals surface area (Å²) < 4.78 is 9.98. The first kappa shape index (κ1) is 15.7. The van der Waals surface area contributed by atoms with E-state index in [1.165, 1.54) is 6.92 Å². The Morgan fingerprint density at radius 3 is 2.10 bits per heavy atom. The molecule has 20 heavy (non-hydrogen) atoms. The zero-order chi connectivity index (χ0) is 15.5. The molecule has 0 bridgehead atoms. The van der Waals surface area contributed by atoms with Crippen molar-refractivity contribution in [1.82, 2.24) is 4.73 Å². The molecular weight excluding hydrogens is 270 g/mol. The smallest absolute Gasteiger partial charge is 0.492 e. The van der Waals surface area contributed by atoms with Gasteiger partial charge in [-0.15, -0.1) is 4.73 Å². The molecule has 0 fully saturated rings. The van der Waals surface area contributed by atoms with Crippen molar-refractivity contribution in [1.29, 1.82) is 0 Å². The summed E-state index contributed by atoms with van der Waals surface area (Å²) >= 11 is 0. The van der Waals surface area contributed by atoms with Crippen LogP contribution < -0.4 is 4.84 Å². The van der Waals surface area contributed by atoms with Gasteiger partial charge >= 0.3 is 12.1 Å². The molecule has 0 aliphatic carbocycles. The Hall–Kier alpha value is -2.38. The van der Waals surface area contributed by atoms with Gasteiger partial charge < -0.3 is 19.7 Å². The van der Waals surface area contributed by atoms with Crippen LogP contribution in [0.15, 0.2) is 12.1 Å². The van der Waals surface area contributed by atoms with E-state index >= 15 is 0 Å². The molecule has 0 spiro atoms. The van der Waals surface area contributed by atoms with Crippen LogP contribution >= 0.6 is 0 Å². The van der Waals surface area contributed by atoms with Crippen molar-refractivity contribution >= 4 is 12.1 Å². The number of hydrogen-bond donors (Lipinski definition) is 2. The molecular formula is C12H17NO7. The molecule has 1 rings (SSSR count). The number of ether oxygens (including phenoxy) is 2. The van der Waals surface area contributed by atoms with E-state index < -0.39 is 35.6 Å². The molecule has 0 saturated carbocycles. The van der Waals surface area contributed by atoms with Crippen molar-refractivity contribution in [3.05, 3.63) is 12.1 Å². The Kier molecular flexibility index (Phi) is 4.49. The zero-order valence-electron chi connectivity index (χ0n) is 11.6. The number of aromatic nitrogens is 1. The fourth-order valence-electron chi connectivity index (χ4n) is 1.08. The molecule has 1 atom stereocenters. The number of hydrogen-bond acceptors (Lipinski definition) is 7. The summed E-state index contributed by atoms with van der Waals surface area (Å²) in [7, 11) is 0. The molecule has 0 aromatic carbocycles. The van der Waals surface area contributed by atoms with Gasteiger partial charge in [0.1, 0.15) is 0 Å². The van der Waals surface area contributed by atoms with Gasteiger partial charge in [-0.25, -0.2) is 4.79 Å². The van der Waals surface area contributed by atoms with Crippen molar-refractivity contribution in [2.24, 2.45) is 5.41 Å². The lowest BCUT2D eigenvalue weighted by Crippen LogP contribution is -2.31. The summed E-state index contributed by atoms with van der Waals surface area (Å²) in [6.45, 7) is 6.28. The second kappa shape index (κ2) is 5.72. The maximum Gasteiger partial charge on any atom is 0.537 e. The summed E-state index contributed by atoms with van der Waals surface area (Å²) in [5.74, 6) is -1.53. The Morgan fingerprint density at radius 2 is 1.65 bits per heavy atom. The summed E-state index contributed by atoms with van der Waals surface area (Å²) in [5.41, 5.74) is -0.738. The number of carbonyl (C=O) groups is 2. The van der Waals surface area contributed by atoms with Crippen LogP contribution in [0.2, 0.25) is 0 Å². The topological polar surface area (TPSA) is 107 Å². The first-order chi connectivity index (χ1) is 9.11. The van der Waals surface area contributed by atoms with Crippen LogP contribution in [0.1, 0.15) is 27.7 Å². The second-order valence-corrected chi connectivity index (χ2v) is 5.03. The fraction of sp³-hybridized carbons (Fsp3) is 0.500. The van der Waals surface area contributed by atoms with Crippen LogP contribution in [0.4, 0.5) is 4.79 Å². The van der Waals surface area contributed by atoms with Gasteiger partial charge in [0, 0.05) is 19.1 Å². The van der Waals surface area contributed by atoms with Crippen molar-refractivity contribution in [2.75, 3.05) is 0 Å². The van der Waals surface area contributed by atoms with Gasteiger partial charge in [0.05, 0.1) is 5.41 Å². The summed E-state index contributed by atoms with van der Waals surface area (Å²) in [5, 5.41) is 18.5. The number of carbonyl (C=O) groups excluding carboxylic acids is 2. The van der Waals surface area contributed by atoms with E-state index in [0.717, 1.165) is 12.1 Å². The highest BCUT2D eigenvalue weighted by molar-refractivity contribution is 5.75. The predicted molar refractivity (Wildman–Crippen MR) is 65.8 cm³/mol. The normalized spacial score (nSPS) is 12.6. The molecule has 112 valence electrons. The number of esters is 1. The molecule has 1 aromatic heterocycles.